The standard InChI is InChI=1S/C23H22N2O5/c1-4-30-20(26)13-9-12(10-5-7-11(28-2)8-6-10)24-25(13)23-18-15-14-16(18)22(23,21(27)29-3)17(14)19(15)23/h5-9,14-19H,4H2,1-3H3. The van der Waals surface area contributed by atoms with Gasteiger partial charge in [0.15, 0.2) is 0 Å². The number of nitrogens with zero attached hydrogens (tertiary/aromatic N) is 2. The number of esters is 2. The monoisotopic (exact) mass is 406 g/mol. The van der Waals surface area contributed by atoms with Gasteiger partial charge in [0.2, 0.25) is 0 Å². The van der Waals surface area contributed by atoms with Crippen molar-refractivity contribution in [1.29, 1.82) is 0 Å². The highest BCUT2D eigenvalue weighted by Gasteiger charge is 3.14. The molecule has 0 radical (unpaired) electrons. The number of benzene rings is 1. The second-order valence-electron chi connectivity index (χ2n) is 9.22. The van der Waals surface area contributed by atoms with E-state index in [0.717, 1.165) is 11.3 Å². The minimum atomic E-state index is -0.485. The number of ether oxygens (including phenoxy) is 3. The second-order valence-corrected chi connectivity index (χ2v) is 9.22. The van der Waals surface area contributed by atoms with Gasteiger partial charge in [0.1, 0.15) is 16.9 Å². The molecule has 4 atom stereocenters. The van der Waals surface area contributed by atoms with Crippen molar-refractivity contribution >= 4 is 11.9 Å². The molecular weight excluding hydrogens is 384 g/mol. The van der Waals surface area contributed by atoms with Crippen LogP contribution in [0.3, 0.4) is 0 Å². The minimum absolute atomic E-state index is 0.129. The lowest BCUT2D eigenvalue weighted by molar-refractivity contribution is -0.634. The SMILES string of the molecule is CCOC(=O)c1cc(-c2ccc(OC)cc2)nn1C12C3C4C5C3C1(C(=O)OC)C5C42. The van der Waals surface area contributed by atoms with Gasteiger partial charge in [0.25, 0.3) is 0 Å². The summed E-state index contributed by atoms with van der Waals surface area (Å²) >= 11 is 0. The second kappa shape index (κ2) is 4.90. The van der Waals surface area contributed by atoms with Gasteiger partial charge < -0.3 is 14.2 Å². The number of hydrogen-bond donors (Lipinski definition) is 0. The Morgan fingerprint density at radius 3 is 2.33 bits per heavy atom. The zero-order chi connectivity index (χ0) is 20.6. The fraction of sp³-hybridized carbons (Fsp3) is 0.522. The number of carbonyl (C=O) groups excluding carboxylic acids is 2. The molecule has 1 aromatic carbocycles. The lowest BCUT2D eigenvalue weighted by atomic mass is 8.94. The fourth-order valence-electron chi connectivity index (χ4n) is 8.46. The first kappa shape index (κ1) is 16.9. The Kier molecular flexibility index (Phi) is 2.76. The first-order valence-corrected chi connectivity index (χ1v) is 10.6. The third-order valence-electron chi connectivity index (χ3n) is 9.06. The molecule has 6 fully saturated rings. The van der Waals surface area contributed by atoms with Crippen LogP contribution >= 0.6 is 0 Å². The van der Waals surface area contributed by atoms with Crippen LogP contribution in [0.1, 0.15) is 17.4 Å². The molecule has 30 heavy (non-hydrogen) atoms. The van der Waals surface area contributed by atoms with Crippen molar-refractivity contribution in [3.8, 4) is 17.0 Å². The van der Waals surface area contributed by atoms with E-state index in [0.29, 0.717) is 53.5 Å². The number of rotatable bonds is 6. The molecule has 7 nitrogen and oxygen atoms in total. The lowest BCUT2D eigenvalue weighted by Crippen LogP contribution is -3.14. The van der Waals surface area contributed by atoms with Gasteiger partial charge in [-0.15, -0.1) is 0 Å². The molecule has 0 aliphatic heterocycles. The Balaban J connectivity index is 1.36. The van der Waals surface area contributed by atoms with E-state index < -0.39 is 16.9 Å². The summed E-state index contributed by atoms with van der Waals surface area (Å²) in [7, 11) is 3.09. The van der Waals surface area contributed by atoms with Gasteiger partial charge in [-0.3, -0.25) is 4.79 Å². The molecule has 4 unspecified atom stereocenters. The van der Waals surface area contributed by atoms with Crippen LogP contribution < -0.4 is 4.74 Å². The van der Waals surface area contributed by atoms with E-state index in [9.17, 15) is 9.59 Å². The van der Waals surface area contributed by atoms with Crippen LogP contribution in [0.5, 0.6) is 5.75 Å². The van der Waals surface area contributed by atoms with Gasteiger partial charge >= 0.3 is 11.9 Å². The van der Waals surface area contributed by atoms with Crippen LogP contribution in [-0.4, -0.2) is 42.5 Å². The molecule has 6 aliphatic carbocycles. The Labute approximate surface area is 173 Å². The molecule has 0 N–H and O–H groups in total. The van der Waals surface area contributed by atoms with Gasteiger partial charge in [-0.1, -0.05) is 0 Å². The summed E-state index contributed by atoms with van der Waals surface area (Å²) in [4.78, 5) is 25.8. The summed E-state index contributed by atoms with van der Waals surface area (Å²) in [6, 6.07) is 9.40. The van der Waals surface area contributed by atoms with Gasteiger partial charge in [-0.25, -0.2) is 9.48 Å². The Hall–Kier alpha value is -2.83. The summed E-state index contributed by atoms with van der Waals surface area (Å²) in [6.07, 6.45) is 0. The highest BCUT2D eigenvalue weighted by molar-refractivity contribution is 5.93. The maximum absolute atomic E-state index is 12.9. The van der Waals surface area contributed by atoms with Crippen molar-refractivity contribution in [2.24, 2.45) is 40.9 Å². The molecule has 0 saturated heterocycles. The van der Waals surface area contributed by atoms with E-state index >= 15 is 0 Å². The molecule has 8 rings (SSSR count). The third-order valence-corrected chi connectivity index (χ3v) is 9.06. The fourth-order valence-corrected chi connectivity index (χ4v) is 8.46. The summed E-state index contributed by atoms with van der Waals surface area (Å²) < 4.78 is 17.7. The molecule has 6 aliphatic rings. The molecule has 154 valence electrons. The number of aromatic nitrogens is 2. The average molecular weight is 406 g/mol. The highest BCUT2D eigenvalue weighted by atomic mass is 16.5. The van der Waals surface area contributed by atoms with E-state index in [1.54, 1.807) is 20.1 Å². The average Bonchev–Trinajstić information content (AvgIpc) is 3.24. The predicted molar refractivity (Wildman–Crippen MR) is 104 cm³/mol. The van der Waals surface area contributed by atoms with Crippen LogP contribution in [0.15, 0.2) is 30.3 Å². The predicted octanol–water partition coefficient (Wildman–Crippen LogP) is 2.36. The lowest BCUT2D eigenvalue weighted by Gasteiger charge is -3.09. The van der Waals surface area contributed by atoms with Gasteiger partial charge in [-0.2, -0.15) is 5.10 Å². The molecule has 0 amide bonds. The molecule has 1 heterocycles. The van der Waals surface area contributed by atoms with Crippen LogP contribution in [-0.2, 0) is 19.8 Å². The summed E-state index contributed by atoms with van der Waals surface area (Å²) in [5.41, 5.74) is 1.14. The maximum atomic E-state index is 12.9. The zero-order valence-corrected chi connectivity index (χ0v) is 17.0. The van der Waals surface area contributed by atoms with Crippen molar-refractivity contribution in [2.75, 3.05) is 20.8 Å². The summed E-state index contributed by atoms with van der Waals surface area (Å²) in [5, 5.41) is 4.91. The van der Waals surface area contributed by atoms with Crippen LogP contribution in [0.2, 0.25) is 0 Å². The van der Waals surface area contributed by atoms with Crippen LogP contribution in [0.25, 0.3) is 11.3 Å². The summed E-state index contributed by atoms with van der Waals surface area (Å²) in [6.45, 7) is 2.09. The Morgan fingerprint density at radius 1 is 1.07 bits per heavy atom. The number of methoxy groups -OCH3 is 2. The first-order valence-electron chi connectivity index (χ1n) is 10.6. The highest BCUT2D eigenvalue weighted by Crippen LogP contribution is 3.09. The van der Waals surface area contributed by atoms with E-state index in [2.05, 4.69) is 0 Å². The van der Waals surface area contributed by atoms with Crippen LogP contribution in [0.4, 0.5) is 0 Å². The van der Waals surface area contributed by atoms with E-state index in [-0.39, 0.29) is 5.97 Å². The van der Waals surface area contributed by atoms with E-state index in [1.807, 2.05) is 28.9 Å². The number of hydrogen-bond acceptors (Lipinski definition) is 6. The molecule has 0 spiro atoms. The third kappa shape index (κ3) is 1.28. The molecule has 0 bridgehead atoms. The van der Waals surface area contributed by atoms with Gasteiger partial charge in [0.05, 0.1) is 32.1 Å². The van der Waals surface area contributed by atoms with Crippen molar-refractivity contribution in [3.05, 3.63) is 36.0 Å². The molecular formula is C23H22N2O5. The van der Waals surface area contributed by atoms with E-state index in [4.69, 9.17) is 19.3 Å². The molecule has 1 aromatic heterocycles. The summed E-state index contributed by atoms with van der Waals surface area (Å²) in [5.74, 6) is 3.34. The van der Waals surface area contributed by atoms with Gasteiger partial charge in [-0.05, 0) is 72.8 Å². The smallest absolute Gasteiger partial charge is 0.356 e. The van der Waals surface area contributed by atoms with Crippen LogP contribution in [0, 0.1) is 40.9 Å². The molecule has 6 saturated carbocycles. The quantitative estimate of drug-likeness (QED) is 0.686. The first-order chi connectivity index (χ1) is 14.6. The topological polar surface area (TPSA) is 79.7 Å². The van der Waals surface area contributed by atoms with Crippen molar-refractivity contribution in [3.63, 3.8) is 0 Å². The molecule has 7 heteroatoms. The van der Waals surface area contributed by atoms with Crippen molar-refractivity contribution in [1.82, 2.24) is 9.78 Å². The van der Waals surface area contributed by atoms with Gasteiger partial charge in [0, 0.05) is 5.56 Å². The minimum Gasteiger partial charge on any atom is -0.497 e. The Morgan fingerprint density at radius 2 is 1.73 bits per heavy atom. The Bertz CT molecular complexity index is 1110. The normalized spacial score (nSPS) is 41.8. The molecule has 2 aromatic rings. The van der Waals surface area contributed by atoms with E-state index in [1.165, 1.54) is 7.11 Å². The number of carbonyl (C=O) groups is 2. The van der Waals surface area contributed by atoms with Crippen molar-refractivity contribution in [2.45, 2.75) is 12.5 Å². The zero-order valence-electron chi connectivity index (χ0n) is 17.0. The maximum Gasteiger partial charge on any atom is 0.356 e. The van der Waals surface area contributed by atoms with Crippen molar-refractivity contribution < 1.29 is 23.8 Å². The largest absolute Gasteiger partial charge is 0.497 e.